The molecule has 3 N–H and O–H groups in total. The molecule has 0 atom stereocenters. The number of rotatable bonds is 4. The second-order valence-electron chi connectivity index (χ2n) is 5.11. The number of thiocarbonyl (C=S) groups is 1. The molecule has 0 aliphatic carbocycles. The predicted molar refractivity (Wildman–Crippen MR) is 92.9 cm³/mol. The van der Waals surface area contributed by atoms with Crippen molar-refractivity contribution < 1.29 is 4.79 Å². The molecule has 1 saturated heterocycles. The molecule has 1 aliphatic rings. The average Bonchev–Trinajstić information content (AvgIpc) is 2.40. The first-order valence-electron chi connectivity index (χ1n) is 6.72. The van der Waals surface area contributed by atoms with E-state index in [1.54, 1.807) is 12.1 Å². The van der Waals surface area contributed by atoms with Crippen molar-refractivity contribution in [2.45, 2.75) is 18.9 Å². The Morgan fingerprint density at radius 1 is 1.48 bits per heavy atom. The number of carbonyl (C=O) groups is 1. The summed E-state index contributed by atoms with van der Waals surface area (Å²) in [5.74, 6) is -0.125. The highest BCUT2D eigenvalue weighted by Gasteiger charge is 2.22. The van der Waals surface area contributed by atoms with Crippen molar-refractivity contribution in [1.82, 2.24) is 10.2 Å². The summed E-state index contributed by atoms with van der Waals surface area (Å²) in [5.41, 5.74) is 6.05. The fourth-order valence-corrected chi connectivity index (χ4v) is 3.33. The molecule has 0 saturated carbocycles. The van der Waals surface area contributed by atoms with E-state index in [1.165, 1.54) is 0 Å². The third-order valence-electron chi connectivity index (χ3n) is 3.48. The molecule has 0 aromatic heterocycles. The SMILES string of the molecule is NC(=S)CN1CCC(NC(=O)c2ccc(Br)cc2Cl)CC1. The first-order valence-corrected chi connectivity index (χ1v) is 8.30. The minimum atomic E-state index is -0.125. The van der Waals surface area contributed by atoms with Gasteiger partial charge in [-0.25, -0.2) is 0 Å². The van der Waals surface area contributed by atoms with Gasteiger partial charge in [0.2, 0.25) is 0 Å². The van der Waals surface area contributed by atoms with Crippen molar-refractivity contribution in [3.63, 3.8) is 0 Å². The molecule has 2 rings (SSSR count). The molecular formula is C14H17BrClN3OS. The Hall–Kier alpha value is -0.690. The van der Waals surface area contributed by atoms with E-state index in [2.05, 4.69) is 26.1 Å². The van der Waals surface area contributed by atoms with E-state index in [9.17, 15) is 4.79 Å². The predicted octanol–water partition coefficient (Wildman–Crippen LogP) is 2.58. The smallest absolute Gasteiger partial charge is 0.253 e. The Kier molecular flexibility index (Phi) is 5.98. The number of halogens is 2. The summed E-state index contributed by atoms with van der Waals surface area (Å²) in [7, 11) is 0. The monoisotopic (exact) mass is 389 g/mol. The molecule has 0 unspecified atom stereocenters. The maximum atomic E-state index is 12.2. The third-order valence-corrected chi connectivity index (χ3v) is 4.41. The molecular weight excluding hydrogens is 374 g/mol. The van der Waals surface area contributed by atoms with Crippen molar-refractivity contribution in [1.29, 1.82) is 0 Å². The fourth-order valence-electron chi connectivity index (χ4n) is 2.39. The lowest BCUT2D eigenvalue weighted by atomic mass is 10.0. The number of hydrogen-bond acceptors (Lipinski definition) is 3. The van der Waals surface area contributed by atoms with Crippen molar-refractivity contribution in [3.8, 4) is 0 Å². The summed E-state index contributed by atoms with van der Waals surface area (Å²) >= 11 is 14.3. The van der Waals surface area contributed by atoms with Crippen molar-refractivity contribution in [2.24, 2.45) is 5.73 Å². The topological polar surface area (TPSA) is 58.4 Å². The van der Waals surface area contributed by atoms with E-state index in [1.807, 2.05) is 6.07 Å². The van der Waals surface area contributed by atoms with Gasteiger partial charge in [0.1, 0.15) is 0 Å². The molecule has 4 nitrogen and oxygen atoms in total. The van der Waals surface area contributed by atoms with Crippen LogP contribution in [0.15, 0.2) is 22.7 Å². The Morgan fingerprint density at radius 3 is 2.71 bits per heavy atom. The van der Waals surface area contributed by atoms with Crippen molar-refractivity contribution in [2.75, 3.05) is 19.6 Å². The molecule has 21 heavy (non-hydrogen) atoms. The number of piperidine rings is 1. The maximum Gasteiger partial charge on any atom is 0.253 e. The summed E-state index contributed by atoms with van der Waals surface area (Å²) in [6.07, 6.45) is 1.78. The summed E-state index contributed by atoms with van der Waals surface area (Å²) in [6.45, 7) is 2.42. The van der Waals surface area contributed by atoms with E-state index >= 15 is 0 Å². The number of likely N-dealkylation sites (tertiary alicyclic amines) is 1. The number of carbonyl (C=O) groups excluding carboxylic acids is 1. The number of nitrogens with two attached hydrogens (primary N) is 1. The van der Waals surface area contributed by atoms with Gasteiger partial charge < -0.3 is 11.1 Å². The third kappa shape index (κ3) is 4.92. The van der Waals surface area contributed by atoms with Crippen LogP contribution in [-0.2, 0) is 0 Å². The summed E-state index contributed by atoms with van der Waals surface area (Å²) < 4.78 is 0.857. The Bertz CT molecular complexity index is 547. The van der Waals surface area contributed by atoms with Crippen LogP contribution in [-0.4, -0.2) is 41.5 Å². The number of amides is 1. The molecule has 0 radical (unpaired) electrons. The minimum Gasteiger partial charge on any atom is -0.392 e. The van der Waals surface area contributed by atoms with Gasteiger partial charge in [0.05, 0.1) is 15.6 Å². The van der Waals surface area contributed by atoms with Crippen LogP contribution in [0, 0.1) is 0 Å². The Balaban J connectivity index is 1.88. The molecule has 1 fully saturated rings. The van der Waals surface area contributed by atoms with Crippen molar-refractivity contribution >= 4 is 50.6 Å². The standard InChI is InChI=1S/C14H17BrClN3OS/c15-9-1-2-11(12(16)7-9)14(20)18-10-3-5-19(6-4-10)8-13(17)21/h1-2,7,10H,3-6,8H2,(H2,17,21)(H,18,20). The molecule has 0 bridgehead atoms. The molecule has 1 heterocycles. The largest absolute Gasteiger partial charge is 0.392 e. The Labute approximate surface area is 143 Å². The number of benzene rings is 1. The average molecular weight is 391 g/mol. The van der Waals surface area contributed by atoms with Gasteiger partial charge >= 0.3 is 0 Å². The molecule has 1 aromatic rings. The quantitative estimate of drug-likeness (QED) is 0.776. The van der Waals surface area contributed by atoms with E-state index in [0.29, 0.717) is 22.1 Å². The van der Waals surface area contributed by atoms with Crippen LogP contribution < -0.4 is 11.1 Å². The summed E-state index contributed by atoms with van der Waals surface area (Å²) in [5, 5.41) is 3.49. The van der Waals surface area contributed by atoms with Crippen molar-refractivity contribution in [3.05, 3.63) is 33.3 Å². The lowest BCUT2D eigenvalue weighted by Gasteiger charge is -2.32. The Morgan fingerprint density at radius 2 is 2.14 bits per heavy atom. The highest BCUT2D eigenvalue weighted by Crippen LogP contribution is 2.22. The van der Waals surface area contributed by atoms with Gasteiger partial charge in [-0.05, 0) is 31.0 Å². The van der Waals surface area contributed by atoms with E-state index < -0.39 is 0 Å². The van der Waals surface area contributed by atoms with Gasteiger partial charge in [-0.15, -0.1) is 0 Å². The van der Waals surface area contributed by atoms with Crippen LogP contribution in [0.3, 0.4) is 0 Å². The number of nitrogens with one attached hydrogen (secondary N) is 1. The first kappa shape index (κ1) is 16.7. The van der Waals surface area contributed by atoms with Gasteiger partial charge in [-0.3, -0.25) is 9.69 Å². The highest BCUT2D eigenvalue weighted by atomic mass is 79.9. The van der Waals surface area contributed by atoms with Gasteiger partial charge in [0.25, 0.3) is 5.91 Å². The first-order chi connectivity index (χ1) is 9.95. The summed E-state index contributed by atoms with van der Waals surface area (Å²) in [6, 6.07) is 5.43. The lowest BCUT2D eigenvalue weighted by molar-refractivity contribution is 0.0915. The number of nitrogens with zero attached hydrogens (tertiary/aromatic N) is 1. The molecule has 1 amide bonds. The maximum absolute atomic E-state index is 12.2. The number of hydrogen-bond donors (Lipinski definition) is 2. The van der Waals surface area contributed by atoms with Crippen LogP contribution in [0.1, 0.15) is 23.2 Å². The van der Waals surface area contributed by atoms with Gasteiger partial charge in [-0.1, -0.05) is 39.7 Å². The fraction of sp³-hybridized carbons (Fsp3) is 0.429. The van der Waals surface area contributed by atoms with Crippen LogP contribution in [0.25, 0.3) is 0 Å². The summed E-state index contributed by atoms with van der Waals surface area (Å²) in [4.78, 5) is 15.0. The zero-order chi connectivity index (χ0) is 15.4. The molecule has 1 aromatic carbocycles. The molecule has 7 heteroatoms. The second kappa shape index (κ2) is 7.54. The van der Waals surface area contributed by atoms with Gasteiger partial charge in [0, 0.05) is 30.1 Å². The second-order valence-corrected chi connectivity index (χ2v) is 6.96. The lowest BCUT2D eigenvalue weighted by Crippen LogP contribution is -2.46. The zero-order valence-corrected chi connectivity index (χ0v) is 14.6. The van der Waals surface area contributed by atoms with E-state index in [4.69, 9.17) is 29.6 Å². The van der Waals surface area contributed by atoms with Crippen LogP contribution in [0.2, 0.25) is 5.02 Å². The minimum absolute atomic E-state index is 0.125. The van der Waals surface area contributed by atoms with E-state index in [-0.39, 0.29) is 11.9 Å². The van der Waals surface area contributed by atoms with Gasteiger partial charge in [-0.2, -0.15) is 0 Å². The molecule has 114 valence electrons. The van der Waals surface area contributed by atoms with Crippen LogP contribution in [0.5, 0.6) is 0 Å². The van der Waals surface area contributed by atoms with Gasteiger partial charge in [0.15, 0.2) is 0 Å². The normalized spacial score (nSPS) is 16.7. The van der Waals surface area contributed by atoms with E-state index in [0.717, 1.165) is 30.4 Å². The molecule has 1 aliphatic heterocycles. The highest BCUT2D eigenvalue weighted by molar-refractivity contribution is 9.10. The van der Waals surface area contributed by atoms with Crippen LogP contribution in [0.4, 0.5) is 0 Å². The molecule has 0 spiro atoms. The van der Waals surface area contributed by atoms with Crippen LogP contribution >= 0.6 is 39.7 Å². The zero-order valence-electron chi connectivity index (χ0n) is 11.4.